The molecule has 0 saturated carbocycles. The number of carbonyl (C=O) groups excluding carboxylic acids is 1. The van der Waals surface area contributed by atoms with Gasteiger partial charge in [-0.15, -0.1) is 21.5 Å². The number of anilines is 1. The van der Waals surface area contributed by atoms with Crippen molar-refractivity contribution in [1.82, 2.24) is 15.2 Å². The Morgan fingerprint density at radius 2 is 2.29 bits per heavy atom. The Morgan fingerprint density at radius 3 is 3.00 bits per heavy atom. The highest BCUT2D eigenvalue weighted by Gasteiger charge is 2.11. The first-order chi connectivity index (χ1) is 10.2. The number of nitrogens with one attached hydrogen (secondary N) is 1. The van der Waals surface area contributed by atoms with Crippen molar-refractivity contribution < 1.29 is 9.21 Å². The van der Waals surface area contributed by atoms with Crippen LogP contribution in [-0.4, -0.2) is 21.1 Å². The average molecular weight is 320 g/mol. The lowest BCUT2D eigenvalue weighted by molar-refractivity contribution is -0.116. The molecule has 0 unspecified atom stereocenters. The molecule has 0 fully saturated rings. The molecule has 0 spiro atoms. The van der Waals surface area contributed by atoms with Crippen LogP contribution in [0.4, 0.5) is 5.13 Å². The normalized spacial score (nSPS) is 10.7. The first-order valence-electron chi connectivity index (χ1n) is 6.27. The van der Waals surface area contributed by atoms with Gasteiger partial charge in [0.05, 0.1) is 5.69 Å². The molecule has 3 aromatic heterocycles. The van der Waals surface area contributed by atoms with E-state index in [1.807, 2.05) is 29.1 Å². The van der Waals surface area contributed by atoms with Crippen LogP contribution in [0.1, 0.15) is 18.0 Å². The van der Waals surface area contributed by atoms with Crippen molar-refractivity contribution in [3.05, 3.63) is 33.8 Å². The fourth-order valence-corrected chi connectivity index (χ4v) is 3.01. The van der Waals surface area contributed by atoms with Gasteiger partial charge in [0.15, 0.2) is 5.13 Å². The Hall–Kier alpha value is -2.06. The van der Waals surface area contributed by atoms with Gasteiger partial charge in [-0.05, 0) is 18.4 Å². The molecule has 3 heterocycles. The van der Waals surface area contributed by atoms with E-state index in [1.165, 1.54) is 11.3 Å². The molecule has 6 nitrogen and oxygen atoms in total. The second-order valence-electron chi connectivity index (χ2n) is 4.36. The minimum absolute atomic E-state index is 0.111. The Morgan fingerprint density at radius 1 is 1.38 bits per heavy atom. The summed E-state index contributed by atoms with van der Waals surface area (Å²) in [6, 6.07) is 1.92. The number of amides is 1. The van der Waals surface area contributed by atoms with Gasteiger partial charge < -0.3 is 9.73 Å². The SMILES string of the molecule is Cc1csc(NC(=O)CCc2nnc(-c3ccsc3)o2)n1. The van der Waals surface area contributed by atoms with E-state index in [-0.39, 0.29) is 12.3 Å². The van der Waals surface area contributed by atoms with Gasteiger partial charge in [-0.1, -0.05) is 0 Å². The zero-order valence-corrected chi connectivity index (χ0v) is 12.8. The summed E-state index contributed by atoms with van der Waals surface area (Å²) in [5.41, 5.74) is 1.80. The standard InChI is InChI=1S/C13H12N4O2S2/c1-8-6-21-13(14-8)15-10(18)2-3-11-16-17-12(19-11)9-4-5-20-7-9/h4-7H,2-3H2,1H3,(H,14,15,18). The fourth-order valence-electron chi connectivity index (χ4n) is 1.67. The van der Waals surface area contributed by atoms with Gasteiger partial charge in [-0.3, -0.25) is 4.79 Å². The van der Waals surface area contributed by atoms with E-state index < -0.39 is 0 Å². The number of hydrogen-bond donors (Lipinski definition) is 1. The number of aryl methyl sites for hydroxylation is 2. The fraction of sp³-hybridized carbons (Fsp3) is 0.231. The summed E-state index contributed by atoms with van der Waals surface area (Å²) < 4.78 is 5.52. The van der Waals surface area contributed by atoms with E-state index in [1.54, 1.807) is 11.3 Å². The van der Waals surface area contributed by atoms with Crippen molar-refractivity contribution in [2.24, 2.45) is 0 Å². The highest BCUT2D eigenvalue weighted by Crippen LogP contribution is 2.21. The van der Waals surface area contributed by atoms with Gasteiger partial charge >= 0.3 is 0 Å². The van der Waals surface area contributed by atoms with Crippen LogP contribution >= 0.6 is 22.7 Å². The van der Waals surface area contributed by atoms with Crippen LogP contribution in [-0.2, 0) is 11.2 Å². The molecule has 0 aliphatic carbocycles. The molecule has 1 amide bonds. The highest BCUT2D eigenvalue weighted by molar-refractivity contribution is 7.13. The van der Waals surface area contributed by atoms with Crippen LogP contribution in [0.5, 0.6) is 0 Å². The maximum atomic E-state index is 11.8. The number of carbonyl (C=O) groups is 1. The van der Waals surface area contributed by atoms with Crippen molar-refractivity contribution >= 4 is 33.7 Å². The summed E-state index contributed by atoms with van der Waals surface area (Å²) in [6.07, 6.45) is 0.692. The molecule has 0 saturated heterocycles. The number of rotatable bonds is 5. The number of hydrogen-bond acceptors (Lipinski definition) is 7. The van der Waals surface area contributed by atoms with Crippen LogP contribution in [0.3, 0.4) is 0 Å². The van der Waals surface area contributed by atoms with Crippen molar-refractivity contribution in [1.29, 1.82) is 0 Å². The molecule has 0 bridgehead atoms. The van der Waals surface area contributed by atoms with Gasteiger partial charge in [0.25, 0.3) is 0 Å². The number of aromatic nitrogens is 3. The van der Waals surface area contributed by atoms with E-state index in [9.17, 15) is 4.79 Å². The minimum Gasteiger partial charge on any atom is -0.421 e. The molecule has 1 N–H and O–H groups in total. The van der Waals surface area contributed by atoms with Crippen molar-refractivity contribution in [3.63, 3.8) is 0 Å². The van der Waals surface area contributed by atoms with Crippen molar-refractivity contribution in [2.75, 3.05) is 5.32 Å². The number of thiophene rings is 1. The maximum Gasteiger partial charge on any atom is 0.248 e. The van der Waals surface area contributed by atoms with Gasteiger partial charge in [-0.25, -0.2) is 4.98 Å². The Balaban J connectivity index is 1.54. The zero-order chi connectivity index (χ0) is 14.7. The summed E-state index contributed by atoms with van der Waals surface area (Å²) in [7, 11) is 0. The predicted octanol–water partition coefficient (Wildman–Crippen LogP) is 3.13. The third kappa shape index (κ3) is 3.53. The molecule has 0 aliphatic heterocycles. The van der Waals surface area contributed by atoms with Crippen LogP contribution in [0, 0.1) is 6.92 Å². The molecule has 0 aromatic carbocycles. The summed E-state index contributed by atoms with van der Waals surface area (Å²) in [6.45, 7) is 1.89. The second-order valence-corrected chi connectivity index (χ2v) is 5.99. The quantitative estimate of drug-likeness (QED) is 0.781. The van der Waals surface area contributed by atoms with E-state index in [2.05, 4.69) is 20.5 Å². The Bertz CT molecular complexity index is 733. The van der Waals surface area contributed by atoms with E-state index in [4.69, 9.17) is 4.42 Å². The molecular formula is C13H12N4O2S2. The average Bonchev–Trinajstić information content (AvgIpc) is 3.17. The molecule has 0 radical (unpaired) electrons. The summed E-state index contributed by atoms with van der Waals surface area (Å²) in [5.74, 6) is 0.837. The minimum atomic E-state index is -0.111. The molecule has 3 rings (SSSR count). The van der Waals surface area contributed by atoms with Crippen LogP contribution in [0.15, 0.2) is 26.6 Å². The van der Waals surface area contributed by atoms with E-state index in [0.29, 0.717) is 23.3 Å². The largest absolute Gasteiger partial charge is 0.421 e. The monoisotopic (exact) mass is 320 g/mol. The molecule has 8 heteroatoms. The lowest BCUT2D eigenvalue weighted by Gasteiger charge is -1.98. The number of thiazole rings is 1. The smallest absolute Gasteiger partial charge is 0.248 e. The van der Waals surface area contributed by atoms with Crippen LogP contribution in [0.2, 0.25) is 0 Å². The highest BCUT2D eigenvalue weighted by atomic mass is 32.1. The predicted molar refractivity (Wildman–Crippen MR) is 81.4 cm³/mol. The molecule has 3 aromatic rings. The Kier molecular flexibility index (Phi) is 4.07. The summed E-state index contributed by atoms with van der Waals surface area (Å²) >= 11 is 2.98. The Labute approximate surface area is 128 Å². The molecule has 0 atom stereocenters. The van der Waals surface area contributed by atoms with E-state index in [0.717, 1.165) is 11.3 Å². The second kappa shape index (κ2) is 6.15. The third-order valence-electron chi connectivity index (χ3n) is 2.67. The maximum absolute atomic E-state index is 11.8. The first-order valence-corrected chi connectivity index (χ1v) is 8.10. The van der Waals surface area contributed by atoms with Crippen molar-refractivity contribution in [2.45, 2.75) is 19.8 Å². The topological polar surface area (TPSA) is 80.9 Å². The van der Waals surface area contributed by atoms with Gasteiger partial charge in [0, 0.05) is 29.2 Å². The summed E-state index contributed by atoms with van der Waals surface area (Å²) in [5, 5.41) is 17.1. The lowest BCUT2D eigenvalue weighted by atomic mass is 10.3. The molecule has 108 valence electrons. The number of nitrogens with zero attached hydrogens (tertiary/aromatic N) is 3. The zero-order valence-electron chi connectivity index (χ0n) is 11.2. The lowest BCUT2D eigenvalue weighted by Crippen LogP contribution is -2.12. The van der Waals surface area contributed by atoms with Crippen LogP contribution in [0.25, 0.3) is 11.5 Å². The van der Waals surface area contributed by atoms with Crippen molar-refractivity contribution in [3.8, 4) is 11.5 Å². The molecule has 21 heavy (non-hydrogen) atoms. The third-order valence-corrected chi connectivity index (χ3v) is 4.23. The van der Waals surface area contributed by atoms with Gasteiger partial charge in [0.1, 0.15) is 0 Å². The van der Waals surface area contributed by atoms with Gasteiger partial charge in [0.2, 0.25) is 17.7 Å². The van der Waals surface area contributed by atoms with Crippen LogP contribution < -0.4 is 5.32 Å². The van der Waals surface area contributed by atoms with Gasteiger partial charge in [-0.2, -0.15) is 11.3 Å². The van der Waals surface area contributed by atoms with E-state index >= 15 is 0 Å². The molecular weight excluding hydrogens is 308 g/mol. The first kappa shape index (κ1) is 13.9. The molecule has 0 aliphatic rings. The summed E-state index contributed by atoms with van der Waals surface area (Å²) in [4.78, 5) is 16.0.